The molecule has 3 aromatic rings. The maximum Gasteiger partial charge on any atom is 0.137 e. The lowest BCUT2D eigenvalue weighted by molar-refractivity contribution is 0.612. The van der Waals surface area contributed by atoms with Crippen LogP contribution >= 0.6 is 23.4 Å². The number of benzene rings is 2. The van der Waals surface area contributed by atoms with E-state index in [1.807, 2.05) is 59.3 Å². The van der Waals surface area contributed by atoms with Crippen molar-refractivity contribution in [2.75, 3.05) is 0 Å². The van der Waals surface area contributed by atoms with Crippen molar-refractivity contribution >= 4 is 34.1 Å². The molecule has 4 nitrogen and oxygen atoms in total. The molecule has 0 spiro atoms. The molecule has 0 aliphatic rings. The third-order valence-electron chi connectivity index (χ3n) is 3.49. The largest absolute Gasteiger partial charge is 0.244 e. The molecule has 122 valence electrons. The van der Waals surface area contributed by atoms with E-state index >= 15 is 0 Å². The zero-order valence-corrected chi connectivity index (χ0v) is 14.8. The van der Waals surface area contributed by atoms with Crippen molar-refractivity contribution in [2.45, 2.75) is 18.7 Å². The monoisotopic (exact) mass is 356 g/mol. The molecule has 1 aromatic heterocycles. The summed E-state index contributed by atoms with van der Waals surface area (Å²) in [6, 6.07) is 17.9. The normalized spacial score (nSPS) is 13.0. The summed E-state index contributed by atoms with van der Waals surface area (Å²) in [7, 11) is 0. The molecular formula is C18H17ClN4S. The molecule has 6 heteroatoms. The molecular weight excluding hydrogens is 340 g/mol. The number of hydrogen-bond acceptors (Lipinski definition) is 4. The number of rotatable bonds is 5. The molecule has 0 amide bonds. The number of aromatic nitrogens is 3. The van der Waals surface area contributed by atoms with Gasteiger partial charge in [0.05, 0.1) is 16.8 Å². The number of halogens is 1. The van der Waals surface area contributed by atoms with Crippen LogP contribution in [-0.2, 0) is 5.75 Å². The Morgan fingerprint density at radius 1 is 1.17 bits per heavy atom. The van der Waals surface area contributed by atoms with E-state index in [2.05, 4.69) is 17.0 Å². The minimum atomic E-state index is 0.0185. The second-order valence-corrected chi connectivity index (χ2v) is 6.68. The zero-order chi connectivity index (χ0) is 16.8. The van der Waals surface area contributed by atoms with E-state index in [4.69, 9.17) is 16.6 Å². The van der Waals surface area contributed by atoms with Crippen LogP contribution in [0.4, 0.5) is 5.69 Å². The van der Waals surface area contributed by atoms with Gasteiger partial charge in [0, 0.05) is 10.8 Å². The van der Waals surface area contributed by atoms with Crippen LogP contribution in [0, 0.1) is 0 Å². The minimum Gasteiger partial charge on any atom is -0.244 e. The van der Waals surface area contributed by atoms with Crippen LogP contribution in [0.5, 0.6) is 0 Å². The standard InChI is InChI=1S/C18H17ClN4S/c1-14(23-13-20-12-21-23)18(22-17-5-3-2-4-6-17)24-11-15-7-9-16(19)10-8-15/h2-10,12-14H,11H2,1H3. The van der Waals surface area contributed by atoms with Gasteiger partial charge in [-0.25, -0.2) is 14.7 Å². The highest BCUT2D eigenvalue weighted by molar-refractivity contribution is 8.13. The number of hydrogen-bond donors (Lipinski definition) is 0. The Morgan fingerprint density at radius 3 is 2.58 bits per heavy atom. The van der Waals surface area contributed by atoms with Crippen LogP contribution < -0.4 is 0 Å². The smallest absolute Gasteiger partial charge is 0.137 e. The average Bonchev–Trinajstić information content (AvgIpc) is 3.15. The summed E-state index contributed by atoms with van der Waals surface area (Å²) in [5, 5.41) is 5.97. The fourth-order valence-corrected chi connectivity index (χ4v) is 3.30. The van der Waals surface area contributed by atoms with Gasteiger partial charge in [0.25, 0.3) is 0 Å². The molecule has 1 atom stereocenters. The maximum absolute atomic E-state index is 5.95. The van der Waals surface area contributed by atoms with Gasteiger partial charge in [0.1, 0.15) is 12.7 Å². The van der Waals surface area contributed by atoms with Gasteiger partial charge in [-0.1, -0.05) is 41.9 Å². The Morgan fingerprint density at radius 2 is 1.92 bits per heavy atom. The lowest BCUT2D eigenvalue weighted by Gasteiger charge is -2.15. The highest BCUT2D eigenvalue weighted by Crippen LogP contribution is 2.25. The maximum atomic E-state index is 5.95. The quantitative estimate of drug-likeness (QED) is 0.468. The number of thioether (sulfide) groups is 1. The van der Waals surface area contributed by atoms with Crippen molar-refractivity contribution in [2.24, 2.45) is 4.99 Å². The molecule has 24 heavy (non-hydrogen) atoms. The van der Waals surface area contributed by atoms with E-state index in [-0.39, 0.29) is 6.04 Å². The van der Waals surface area contributed by atoms with Gasteiger partial charge in [0.2, 0.25) is 0 Å². The number of para-hydroxylation sites is 1. The summed E-state index contributed by atoms with van der Waals surface area (Å²) < 4.78 is 1.82. The van der Waals surface area contributed by atoms with Crippen LogP contribution in [0.3, 0.4) is 0 Å². The lowest BCUT2D eigenvalue weighted by atomic mass is 10.2. The summed E-state index contributed by atoms with van der Waals surface area (Å²) in [6.07, 6.45) is 3.26. The molecule has 3 rings (SSSR count). The fraction of sp³-hybridized carbons (Fsp3) is 0.167. The highest BCUT2D eigenvalue weighted by Gasteiger charge is 2.14. The second-order valence-electron chi connectivity index (χ2n) is 5.25. The molecule has 0 saturated heterocycles. The van der Waals surface area contributed by atoms with Gasteiger partial charge >= 0.3 is 0 Å². The number of nitrogens with zero attached hydrogens (tertiary/aromatic N) is 4. The Hall–Kier alpha value is -2.11. The summed E-state index contributed by atoms with van der Waals surface area (Å²) in [5.41, 5.74) is 2.14. The van der Waals surface area contributed by atoms with E-state index in [1.54, 1.807) is 24.4 Å². The SMILES string of the molecule is CC(C(=Nc1ccccc1)SCc1ccc(Cl)cc1)n1cncn1. The molecule has 0 bridgehead atoms. The highest BCUT2D eigenvalue weighted by atomic mass is 35.5. The van der Waals surface area contributed by atoms with Crippen molar-refractivity contribution in [3.05, 3.63) is 77.8 Å². The molecule has 0 aliphatic heterocycles. The van der Waals surface area contributed by atoms with Gasteiger partial charge in [-0.2, -0.15) is 5.10 Å². The average molecular weight is 357 g/mol. The molecule has 1 heterocycles. The number of aliphatic imine (C=N–C) groups is 1. The van der Waals surface area contributed by atoms with Crippen molar-refractivity contribution in [3.63, 3.8) is 0 Å². The third-order valence-corrected chi connectivity index (χ3v) is 4.94. The Balaban J connectivity index is 1.81. The summed E-state index contributed by atoms with van der Waals surface area (Å²) in [4.78, 5) is 8.85. The van der Waals surface area contributed by atoms with E-state index < -0.39 is 0 Å². The summed E-state index contributed by atoms with van der Waals surface area (Å²) in [5.74, 6) is 0.821. The summed E-state index contributed by atoms with van der Waals surface area (Å²) >= 11 is 7.65. The molecule has 0 aliphatic carbocycles. The molecule has 0 fully saturated rings. The summed E-state index contributed by atoms with van der Waals surface area (Å²) in [6.45, 7) is 2.07. The minimum absolute atomic E-state index is 0.0185. The Labute approximate surface area is 150 Å². The van der Waals surface area contributed by atoms with Gasteiger partial charge in [0.15, 0.2) is 0 Å². The first-order valence-electron chi connectivity index (χ1n) is 7.57. The van der Waals surface area contributed by atoms with E-state index in [0.29, 0.717) is 0 Å². The first kappa shape index (κ1) is 16.7. The molecule has 0 N–H and O–H groups in total. The van der Waals surface area contributed by atoms with Crippen molar-refractivity contribution in [1.29, 1.82) is 0 Å². The first-order valence-corrected chi connectivity index (χ1v) is 8.94. The Kier molecular flexibility index (Phi) is 5.67. The van der Waals surface area contributed by atoms with Gasteiger partial charge < -0.3 is 0 Å². The first-order chi connectivity index (χ1) is 11.7. The van der Waals surface area contributed by atoms with Crippen LogP contribution in [0.2, 0.25) is 5.02 Å². The molecule has 2 aromatic carbocycles. The second kappa shape index (κ2) is 8.13. The van der Waals surface area contributed by atoms with Crippen LogP contribution in [-0.4, -0.2) is 19.8 Å². The predicted molar refractivity (Wildman–Crippen MR) is 101 cm³/mol. The van der Waals surface area contributed by atoms with Crippen molar-refractivity contribution in [1.82, 2.24) is 14.8 Å². The van der Waals surface area contributed by atoms with Crippen LogP contribution in [0.15, 0.2) is 72.2 Å². The van der Waals surface area contributed by atoms with E-state index in [9.17, 15) is 0 Å². The van der Waals surface area contributed by atoms with Gasteiger partial charge in [-0.05, 0) is 36.8 Å². The van der Waals surface area contributed by atoms with E-state index in [0.717, 1.165) is 21.5 Å². The fourth-order valence-electron chi connectivity index (χ4n) is 2.14. The lowest BCUT2D eigenvalue weighted by Crippen LogP contribution is -2.14. The predicted octanol–water partition coefficient (Wildman–Crippen LogP) is 5.16. The molecule has 0 saturated carbocycles. The van der Waals surface area contributed by atoms with Crippen LogP contribution in [0.1, 0.15) is 18.5 Å². The van der Waals surface area contributed by atoms with Gasteiger partial charge in [-0.15, -0.1) is 11.8 Å². The Bertz CT molecular complexity index is 786. The third kappa shape index (κ3) is 4.46. The van der Waals surface area contributed by atoms with E-state index in [1.165, 1.54) is 5.56 Å². The molecule has 0 radical (unpaired) electrons. The van der Waals surface area contributed by atoms with Gasteiger partial charge in [-0.3, -0.25) is 0 Å². The van der Waals surface area contributed by atoms with Crippen molar-refractivity contribution < 1.29 is 0 Å². The zero-order valence-electron chi connectivity index (χ0n) is 13.2. The van der Waals surface area contributed by atoms with Crippen molar-refractivity contribution in [3.8, 4) is 0 Å². The molecule has 1 unspecified atom stereocenters. The topological polar surface area (TPSA) is 43.1 Å². The van der Waals surface area contributed by atoms with Crippen LogP contribution in [0.25, 0.3) is 0 Å².